The molecule has 4 heteroatoms. The Morgan fingerprint density at radius 3 is 2.50 bits per heavy atom. The highest BCUT2D eigenvalue weighted by Crippen LogP contribution is 2.24. The Balaban J connectivity index is 1.76. The molecule has 1 aliphatic heterocycles. The lowest BCUT2D eigenvalue weighted by Crippen LogP contribution is -2.39. The van der Waals surface area contributed by atoms with E-state index in [1.807, 2.05) is 26.0 Å². The maximum atomic E-state index is 12.8. The van der Waals surface area contributed by atoms with E-state index < -0.39 is 0 Å². The fourth-order valence-electron chi connectivity index (χ4n) is 3.91. The number of nitrogens with zero attached hydrogens (tertiary/aromatic N) is 2. The van der Waals surface area contributed by atoms with Gasteiger partial charge in [-0.25, -0.2) is 0 Å². The molecule has 140 valence electrons. The largest absolute Gasteiger partial charge is 0.353 e. The monoisotopic (exact) mass is 353 g/mol. The van der Waals surface area contributed by atoms with E-state index >= 15 is 0 Å². The first kappa shape index (κ1) is 18.7. The maximum Gasteiger partial charge on any atom is 0.251 e. The van der Waals surface area contributed by atoms with Gasteiger partial charge in [-0.15, -0.1) is 0 Å². The number of rotatable bonds is 5. The summed E-state index contributed by atoms with van der Waals surface area (Å²) in [5.41, 5.74) is 4.20. The van der Waals surface area contributed by atoms with Crippen molar-refractivity contribution in [1.29, 1.82) is 0 Å². The maximum absolute atomic E-state index is 12.8. The van der Waals surface area contributed by atoms with E-state index in [1.54, 1.807) is 0 Å². The predicted molar refractivity (Wildman–Crippen MR) is 106 cm³/mol. The first-order chi connectivity index (χ1) is 12.6. The zero-order valence-corrected chi connectivity index (χ0v) is 16.3. The molecule has 0 saturated carbocycles. The van der Waals surface area contributed by atoms with Gasteiger partial charge in [0.15, 0.2) is 0 Å². The van der Waals surface area contributed by atoms with Crippen molar-refractivity contribution in [2.24, 2.45) is 7.05 Å². The first-order valence-corrected chi connectivity index (χ1v) is 9.77. The Kier molecular flexibility index (Phi) is 6.15. The van der Waals surface area contributed by atoms with Crippen LogP contribution in [0.2, 0.25) is 0 Å². The quantitative estimate of drug-likeness (QED) is 0.882. The van der Waals surface area contributed by atoms with Crippen LogP contribution in [-0.2, 0) is 7.05 Å². The lowest BCUT2D eigenvalue weighted by Gasteiger charge is -2.31. The molecule has 0 bridgehead atoms. The molecule has 2 heterocycles. The Bertz CT molecular complexity index is 742. The van der Waals surface area contributed by atoms with Crippen LogP contribution in [0, 0.1) is 13.8 Å². The van der Waals surface area contributed by atoms with Gasteiger partial charge in [-0.3, -0.25) is 9.69 Å². The first-order valence-electron chi connectivity index (χ1n) is 9.77. The summed E-state index contributed by atoms with van der Waals surface area (Å²) in [6.07, 6.45) is 7.20. The second kappa shape index (κ2) is 8.54. The van der Waals surface area contributed by atoms with Crippen LogP contribution < -0.4 is 5.32 Å². The van der Waals surface area contributed by atoms with Crippen LogP contribution in [0.15, 0.2) is 36.5 Å². The normalized spacial score (nSPS) is 16.9. The number of amides is 1. The minimum absolute atomic E-state index is 0.0280. The van der Waals surface area contributed by atoms with Crippen LogP contribution >= 0.6 is 0 Å². The summed E-state index contributed by atoms with van der Waals surface area (Å²) in [7, 11) is 2.09. The Morgan fingerprint density at radius 2 is 1.85 bits per heavy atom. The summed E-state index contributed by atoms with van der Waals surface area (Å²) in [4.78, 5) is 15.3. The lowest BCUT2D eigenvalue weighted by atomic mass is 10.0. The summed E-state index contributed by atoms with van der Waals surface area (Å²) in [6.45, 7) is 6.88. The Labute approximate surface area is 157 Å². The molecule has 1 fully saturated rings. The third-order valence-corrected chi connectivity index (χ3v) is 5.50. The Hall–Kier alpha value is -2.07. The summed E-state index contributed by atoms with van der Waals surface area (Å²) in [5, 5.41) is 3.21. The van der Waals surface area contributed by atoms with Crippen molar-refractivity contribution in [3.63, 3.8) is 0 Å². The zero-order chi connectivity index (χ0) is 18.5. The van der Waals surface area contributed by atoms with Crippen LogP contribution in [0.1, 0.15) is 58.9 Å². The molecule has 2 aromatic rings. The van der Waals surface area contributed by atoms with E-state index in [0.717, 1.165) is 29.8 Å². The van der Waals surface area contributed by atoms with Gasteiger partial charge >= 0.3 is 0 Å². The van der Waals surface area contributed by atoms with Crippen LogP contribution in [-0.4, -0.2) is 35.0 Å². The third kappa shape index (κ3) is 4.36. The minimum atomic E-state index is 0.0280. The molecule has 1 N–H and O–H groups in total. The molecule has 0 spiro atoms. The second-order valence-corrected chi connectivity index (χ2v) is 7.54. The van der Waals surface area contributed by atoms with E-state index in [9.17, 15) is 4.79 Å². The highest BCUT2D eigenvalue weighted by atomic mass is 16.1. The molecule has 4 nitrogen and oxygen atoms in total. The standard InChI is InChI=1S/C22H31N3O/c1-17-10-11-18(2)19(15-17)22(26)23-16-21(20-9-8-12-24(20)3)25-13-6-4-5-7-14-25/h8-12,15,21H,4-7,13-14,16H2,1-3H3,(H,23,26)/t21-/m0/s1. The number of carbonyl (C=O) groups is 1. The summed E-state index contributed by atoms with van der Waals surface area (Å²) in [6, 6.07) is 10.5. The SMILES string of the molecule is Cc1ccc(C)c(C(=O)NC[C@@H](c2cccn2C)N2CCCCCC2)c1. The topological polar surface area (TPSA) is 37.3 Å². The molecule has 0 radical (unpaired) electrons. The van der Waals surface area contributed by atoms with E-state index in [1.165, 1.54) is 31.4 Å². The zero-order valence-electron chi connectivity index (χ0n) is 16.3. The van der Waals surface area contributed by atoms with Gasteiger partial charge in [-0.1, -0.05) is 30.5 Å². The number of hydrogen-bond donors (Lipinski definition) is 1. The van der Waals surface area contributed by atoms with Gasteiger partial charge in [0.1, 0.15) is 0 Å². The Morgan fingerprint density at radius 1 is 1.12 bits per heavy atom. The molecule has 0 unspecified atom stereocenters. The van der Waals surface area contributed by atoms with Gasteiger partial charge in [0.2, 0.25) is 0 Å². The van der Waals surface area contributed by atoms with E-state index in [2.05, 4.69) is 46.2 Å². The number of nitrogens with one attached hydrogen (secondary N) is 1. The smallest absolute Gasteiger partial charge is 0.251 e. The van der Waals surface area contributed by atoms with Crippen LogP contribution in [0.4, 0.5) is 0 Å². The highest BCUT2D eigenvalue weighted by molar-refractivity contribution is 5.95. The molecule has 1 aromatic carbocycles. The molecule has 1 amide bonds. The number of aromatic nitrogens is 1. The molecule has 26 heavy (non-hydrogen) atoms. The van der Waals surface area contributed by atoms with E-state index in [-0.39, 0.29) is 11.9 Å². The fourth-order valence-corrected chi connectivity index (χ4v) is 3.91. The molecule has 3 rings (SSSR count). The third-order valence-electron chi connectivity index (χ3n) is 5.50. The van der Waals surface area contributed by atoms with Crippen molar-refractivity contribution in [2.75, 3.05) is 19.6 Å². The predicted octanol–water partition coefficient (Wildman–Crippen LogP) is 3.99. The van der Waals surface area contributed by atoms with Gasteiger partial charge in [-0.2, -0.15) is 0 Å². The molecule has 1 atom stereocenters. The van der Waals surface area contributed by atoms with Gasteiger partial charge in [0.25, 0.3) is 5.91 Å². The van der Waals surface area contributed by atoms with Crippen LogP contribution in [0.3, 0.4) is 0 Å². The number of carbonyl (C=O) groups excluding carboxylic acids is 1. The van der Waals surface area contributed by atoms with E-state index in [0.29, 0.717) is 6.54 Å². The van der Waals surface area contributed by atoms with Gasteiger partial charge in [0.05, 0.1) is 6.04 Å². The molecule has 0 aliphatic carbocycles. The number of benzene rings is 1. The number of hydrogen-bond acceptors (Lipinski definition) is 2. The fraction of sp³-hybridized carbons (Fsp3) is 0.500. The van der Waals surface area contributed by atoms with Crippen LogP contribution in [0.5, 0.6) is 0 Å². The minimum Gasteiger partial charge on any atom is -0.353 e. The number of likely N-dealkylation sites (tertiary alicyclic amines) is 1. The van der Waals surface area contributed by atoms with Crippen LogP contribution in [0.25, 0.3) is 0 Å². The molecular weight excluding hydrogens is 322 g/mol. The molecular formula is C22H31N3O. The van der Waals surface area contributed by atoms with E-state index in [4.69, 9.17) is 0 Å². The van der Waals surface area contributed by atoms with Crippen molar-refractivity contribution < 1.29 is 4.79 Å². The van der Waals surface area contributed by atoms with Crippen molar-refractivity contribution in [1.82, 2.24) is 14.8 Å². The molecule has 1 aliphatic rings. The van der Waals surface area contributed by atoms with Gasteiger partial charge < -0.3 is 9.88 Å². The average molecular weight is 354 g/mol. The number of aryl methyl sites for hydroxylation is 3. The van der Waals surface area contributed by atoms with Gasteiger partial charge in [-0.05, 0) is 63.5 Å². The summed E-state index contributed by atoms with van der Waals surface area (Å²) < 4.78 is 2.18. The van der Waals surface area contributed by atoms with Crippen molar-refractivity contribution >= 4 is 5.91 Å². The highest BCUT2D eigenvalue weighted by Gasteiger charge is 2.24. The van der Waals surface area contributed by atoms with Crippen molar-refractivity contribution in [2.45, 2.75) is 45.6 Å². The molecule has 1 saturated heterocycles. The van der Waals surface area contributed by atoms with Gasteiger partial charge in [0, 0.05) is 31.0 Å². The lowest BCUT2D eigenvalue weighted by molar-refractivity contribution is 0.0931. The molecule has 1 aromatic heterocycles. The summed E-state index contributed by atoms with van der Waals surface area (Å²) in [5.74, 6) is 0.0280. The second-order valence-electron chi connectivity index (χ2n) is 7.54. The van der Waals surface area contributed by atoms with Crippen molar-refractivity contribution in [3.8, 4) is 0 Å². The average Bonchev–Trinajstić information content (AvgIpc) is 2.88. The summed E-state index contributed by atoms with van der Waals surface area (Å²) >= 11 is 0. The van der Waals surface area contributed by atoms with Crippen molar-refractivity contribution in [3.05, 3.63) is 58.9 Å².